The van der Waals surface area contributed by atoms with E-state index in [2.05, 4.69) is 14.7 Å². The standard InChI is InChI=1S/C13H10FN3O3S2/c14-8-1-3-10(4-2-8)22(19,20)17-6-9-5-11-12(18)15-7-16-13(11)21-9/h1-5,7,17H,6H2,(H,15,16,18). The van der Waals surface area contributed by atoms with E-state index in [1.165, 1.54) is 29.8 Å². The van der Waals surface area contributed by atoms with Crippen molar-refractivity contribution < 1.29 is 12.8 Å². The number of rotatable bonds is 4. The van der Waals surface area contributed by atoms with Crippen LogP contribution in [0.25, 0.3) is 10.2 Å². The average molecular weight is 339 g/mol. The van der Waals surface area contributed by atoms with Crippen molar-refractivity contribution in [2.24, 2.45) is 0 Å². The number of halogens is 1. The highest BCUT2D eigenvalue weighted by atomic mass is 32.2. The maximum absolute atomic E-state index is 12.8. The lowest BCUT2D eigenvalue weighted by atomic mass is 10.3. The maximum Gasteiger partial charge on any atom is 0.259 e. The largest absolute Gasteiger partial charge is 0.313 e. The van der Waals surface area contributed by atoms with Crippen LogP contribution in [0.3, 0.4) is 0 Å². The van der Waals surface area contributed by atoms with Crippen LogP contribution in [0.1, 0.15) is 4.88 Å². The molecule has 0 bridgehead atoms. The summed E-state index contributed by atoms with van der Waals surface area (Å²) in [6.07, 6.45) is 1.30. The Labute approximate surface area is 128 Å². The lowest BCUT2D eigenvalue weighted by molar-refractivity contribution is 0.581. The van der Waals surface area contributed by atoms with Crippen molar-refractivity contribution in [3.8, 4) is 0 Å². The zero-order valence-electron chi connectivity index (χ0n) is 11.0. The predicted octanol–water partition coefficient (Wildman–Crippen LogP) is 1.60. The first-order valence-electron chi connectivity index (χ1n) is 6.17. The molecular formula is C13H10FN3O3S2. The second kappa shape index (κ2) is 5.59. The van der Waals surface area contributed by atoms with E-state index >= 15 is 0 Å². The molecule has 0 aliphatic heterocycles. The van der Waals surface area contributed by atoms with Crippen LogP contribution in [0.2, 0.25) is 0 Å². The fourth-order valence-corrected chi connectivity index (χ4v) is 3.90. The fraction of sp³-hybridized carbons (Fsp3) is 0.0769. The molecule has 3 rings (SSSR count). The molecule has 22 heavy (non-hydrogen) atoms. The zero-order chi connectivity index (χ0) is 15.7. The van der Waals surface area contributed by atoms with Gasteiger partial charge in [-0.1, -0.05) is 0 Å². The Morgan fingerprint density at radius 1 is 1.27 bits per heavy atom. The van der Waals surface area contributed by atoms with Crippen LogP contribution in [0.4, 0.5) is 4.39 Å². The van der Waals surface area contributed by atoms with E-state index < -0.39 is 15.8 Å². The number of benzene rings is 1. The van der Waals surface area contributed by atoms with E-state index in [-0.39, 0.29) is 17.0 Å². The molecule has 0 aliphatic rings. The minimum atomic E-state index is -3.74. The maximum atomic E-state index is 12.8. The molecule has 9 heteroatoms. The number of nitrogens with one attached hydrogen (secondary N) is 2. The number of H-pyrrole nitrogens is 1. The van der Waals surface area contributed by atoms with Crippen molar-refractivity contribution in [1.29, 1.82) is 0 Å². The summed E-state index contributed by atoms with van der Waals surface area (Å²) in [4.78, 5) is 19.2. The monoisotopic (exact) mass is 339 g/mol. The fourth-order valence-electron chi connectivity index (χ4n) is 1.87. The van der Waals surface area contributed by atoms with Gasteiger partial charge in [-0.3, -0.25) is 4.79 Å². The third-order valence-corrected chi connectivity index (χ3v) is 5.41. The molecule has 0 spiro atoms. The van der Waals surface area contributed by atoms with Crippen LogP contribution in [-0.2, 0) is 16.6 Å². The molecule has 0 radical (unpaired) electrons. The van der Waals surface area contributed by atoms with Crippen LogP contribution in [-0.4, -0.2) is 18.4 Å². The molecular weight excluding hydrogens is 329 g/mol. The second-order valence-corrected chi connectivity index (χ2v) is 7.32. The Morgan fingerprint density at radius 3 is 2.68 bits per heavy atom. The Kier molecular flexibility index (Phi) is 3.77. The van der Waals surface area contributed by atoms with Crippen molar-refractivity contribution >= 4 is 31.6 Å². The van der Waals surface area contributed by atoms with Crippen LogP contribution in [0, 0.1) is 5.82 Å². The highest BCUT2D eigenvalue weighted by Crippen LogP contribution is 2.21. The third kappa shape index (κ3) is 2.91. The Bertz CT molecular complexity index is 978. The summed E-state index contributed by atoms with van der Waals surface area (Å²) in [7, 11) is -3.74. The van der Waals surface area contributed by atoms with Crippen molar-refractivity contribution in [3.63, 3.8) is 0 Å². The minimum Gasteiger partial charge on any atom is -0.313 e. The van der Waals surface area contributed by atoms with E-state index in [1.807, 2.05) is 0 Å². The molecule has 2 aromatic heterocycles. The summed E-state index contributed by atoms with van der Waals surface area (Å²) >= 11 is 1.23. The van der Waals surface area contributed by atoms with E-state index in [0.717, 1.165) is 12.1 Å². The van der Waals surface area contributed by atoms with Crippen molar-refractivity contribution in [2.75, 3.05) is 0 Å². The van der Waals surface area contributed by atoms with Crippen molar-refractivity contribution in [1.82, 2.24) is 14.7 Å². The molecule has 2 N–H and O–H groups in total. The lowest BCUT2D eigenvalue weighted by Gasteiger charge is -2.05. The van der Waals surface area contributed by atoms with Gasteiger partial charge in [0.2, 0.25) is 10.0 Å². The molecule has 0 unspecified atom stereocenters. The van der Waals surface area contributed by atoms with E-state index in [1.54, 1.807) is 6.07 Å². The van der Waals surface area contributed by atoms with E-state index in [4.69, 9.17) is 0 Å². The summed E-state index contributed by atoms with van der Waals surface area (Å²) < 4.78 is 39.4. The first kappa shape index (κ1) is 14.8. The minimum absolute atomic E-state index is 0.0222. The van der Waals surface area contributed by atoms with Gasteiger partial charge >= 0.3 is 0 Å². The molecule has 0 saturated carbocycles. The number of thiophene rings is 1. The molecule has 0 saturated heterocycles. The number of nitrogens with zero attached hydrogens (tertiary/aromatic N) is 1. The van der Waals surface area contributed by atoms with Gasteiger partial charge in [0.25, 0.3) is 5.56 Å². The first-order chi connectivity index (χ1) is 10.5. The SMILES string of the molecule is O=c1[nH]cnc2sc(CNS(=O)(=O)c3ccc(F)cc3)cc12. The van der Waals surface area contributed by atoms with Crippen molar-refractivity contribution in [2.45, 2.75) is 11.4 Å². The number of sulfonamides is 1. The number of fused-ring (bicyclic) bond motifs is 1. The lowest BCUT2D eigenvalue weighted by Crippen LogP contribution is -2.22. The van der Waals surface area contributed by atoms with Crippen LogP contribution >= 0.6 is 11.3 Å². The highest BCUT2D eigenvalue weighted by molar-refractivity contribution is 7.89. The molecule has 2 heterocycles. The first-order valence-corrected chi connectivity index (χ1v) is 8.47. The highest BCUT2D eigenvalue weighted by Gasteiger charge is 2.15. The summed E-state index contributed by atoms with van der Waals surface area (Å²) in [5.41, 5.74) is -0.270. The second-order valence-electron chi connectivity index (χ2n) is 4.44. The molecule has 1 aromatic carbocycles. The molecule has 6 nitrogen and oxygen atoms in total. The molecule has 0 fully saturated rings. The smallest absolute Gasteiger partial charge is 0.259 e. The van der Waals surface area contributed by atoms with Gasteiger partial charge in [0.05, 0.1) is 16.6 Å². The van der Waals surface area contributed by atoms with Gasteiger partial charge in [-0.05, 0) is 30.3 Å². The topological polar surface area (TPSA) is 91.9 Å². The Balaban J connectivity index is 1.82. The van der Waals surface area contributed by atoms with Gasteiger partial charge in [-0.25, -0.2) is 22.5 Å². The Morgan fingerprint density at radius 2 is 2.00 bits per heavy atom. The molecule has 114 valence electrons. The van der Waals surface area contributed by atoms with Crippen LogP contribution < -0.4 is 10.3 Å². The number of hydrogen-bond donors (Lipinski definition) is 2. The van der Waals surface area contributed by atoms with Gasteiger partial charge in [0.1, 0.15) is 10.6 Å². The summed E-state index contributed by atoms with van der Waals surface area (Å²) in [5, 5.41) is 0.420. The molecule has 3 aromatic rings. The van der Waals surface area contributed by atoms with Gasteiger partial charge < -0.3 is 4.98 Å². The third-order valence-electron chi connectivity index (χ3n) is 2.95. The van der Waals surface area contributed by atoms with Gasteiger partial charge in [0, 0.05) is 11.4 Å². The van der Waals surface area contributed by atoms with Crippen LogP contribution in [0.5, 0.6) is 0 Å². The quantitative estimate of drug-likeness (QED) is 0.755. The van der Waals surface area contributed by atoms with Crippen LogP contribution in [0.15, 0.2) is 46.3 Å². The average Bonchev–Trinajstić information content (AvgIpc) is 2.90. The van der Waals surface area contributed by atoms with Gasteiger partial charge in [0.15, 0.2) is 0 Å². The molecule has 0 amide bonds. The molecule has 0 aliphatic carbocycles. The van der Waals surface area contributed by atoms with Gasteiger partial charge in [-0.15, -0.1) is 11.3 Å². The summed E-state index contributed by atoms with van der Waals surface area (Å²) in [5.74, 6) is -0.506. The molecule has 0 atom stereocenters. The van der Waals surface area contributed by atoms with Crippen molar-refractivity contribution in [3.05, 3.63) is 57.7 Å². The number of aromatic amines is 1. The summed E-state index contributed by atoms with van der Waals surface area (Å²) in [6, 6.07) is 6.14. The van der Waals surface area contributed by atoms with E-state index in [9.17, 15) is 17.6 Å². The summed E-state index contributed by atoms with van der Waals surface area (Å²) in [6.45, 7) is 0.0280. The predicted molar refractivity (Wildman–Crippen MR) is 80.7 cm³/mol. The zero-order valence-corrected chi connectivity index (χ0v) is 12.7. The normalized spacial score (nSPS) is 11.9. The van der Waals surface area contributed by atoms with E-state index in [0.29, 0.717) is 15.1 Å². The number of aromatic nitrogens is 2. The number of hydrogen-bond acceptors (Lipinski definition) is 5. The Hall–Kier alpha value is -2.10. The van der Waals surface area contributed by atoms with Gasteiger partial charge in [-0.2, -0.15) is 0 Å².